The summed E-state index contributed by atoms with van der Waals surface area (Å²) in [7, 11) is 0. The van der Waals surface area contributed by atoms with Gasteiger partial charge in [0.25, 0.3) is 0 Å². The van der Waals surface area contributed by atoms with Gasteiger partial charge < -0.3 is 5.73 Å². The lowest BCUT2D eigenvalue weighted by Gasteiger charge is -2.18. The Morgan fingerprint density at radius 2 is 2.28 bits per heavy atom. The fourth-order valence-corrected chi connectivity index (χ4v) is 2.93. The highest BCUT2D eigenvalue weighted by Crippen LogP contribution is 2.25. The third-order valence-electron chi connectivity index (χ3n) is 3.45. The summed E-state index contributed by atoms with van der Waals surface area (Å²) in [4.78, 5) is 2.43. The SMILES string of the molecule is CC(N)C1CCN(Cc2cc(Br)ccc2Cl)C1.Cl. The normalized spacial score (nSPS) is 21.7. The smallest absolute Gasteiger partial charge is 0.0451 e. The molecule has 1 saturated heterocycles. The average Bonchev–Trinajstić information content (AvgIpc) is 2.72. The molecule has 1 aliphatic heterocycles. The first-order chi connectivity index (χ1) is 8.06. The molecular weight excluding hydrogens is 335 g/mol. The number of benzene rings is 1. The maximum atomic E-state index is 6.20. The maximum absolute atomic E-state index is 6.20. The van der Waals surface area contributed by atoms with Crippen molar-refractivity contribution in [3.05, 3.63) is 33.3 Å². The van der Waals surface area contributed by atoms with Gasteiger partial charge >= 0.3 is 0 Å². The molecule has 1 heterocycles. The first-order valence-corrected chi connectivity index (χ1v) is 7.15. The van der Waals surface area contributed by atoms with Gasteiger partial charge in [0.15, 0.2) is 0 Å². The summed E-state index contributed by atoms with van der Waals surface area (Å²) in [6.45, 7) is 5.22. The molecule has 1 fully saturated rings. The third-order valence-corrected chi connectivity index (χ3v) is 4.32. The Hall–Kier alpha value is 0.200. The molecule has 0 bridgehead atoms. The van der Waals surface area contributed by atoms with Crippen LogP contribution in [0.1, 0.15) is 18.9 Å². The van der Waals surface area contributed by atoms with E-state index < -0.39 is 0 Å². The summed E-state index contributed by atoms with van der Waals surface area (Å²) >= 11 is 9.69. The van der Waals surface area contributed by atoms with Crippen molar-refractivity contribution >= 4 is 39.9 Å². The van der Waals surface area contributed by atoms with Gasteiger partial charge in [-0.15, -0.1) is 12.4 Å². The molecule has 0 aliphatic carbocycles. The number of hydrogen-bond acceptors (Lipinski definition) is 2. The Morgan fingerprint density at radius 3 is 2.89 bits per heavy atom. The van der Waals surface area contributed by atoms with Crippen LogP contribution >= 0.6 is 39.9 Å². The lowest BCUT2D eigenvalue weighted by atomic mass is 10.0. The second kappa shape index (κ2) is 7.11. The van der Waals surface area contributed by atoms with Gasteiger partial charge in [0.2, 0.25) is 0 Å². The van der Waals surface area contributed by atoms with Crippen LogP contribution in [0.2, 0.25) is 5.02 Å². The molecule has 0 radical (unpaired) electrons. The molecule has 2 rings (SSSR count). The van der Waals surface area contributed by atoms with Crippen LogP contribution in [0.5, 0.6) is 0 Å². The number of rotatable bonds is 3. The van der Waals surface area contributed by atoms with E-state index in [1.54, 1.807) is 0 Å². The van der Waals surface area contributed by atoms with Gasteiger partial charge in [0.1, 0.15) is 0 Å². The molecule has 2 unspecified atom stereocenters. The number of nitrogens with zero attached hydrogens (tertiary/aromatic N) is 1. The second-order valence-electron chi connectivity index (χ2n) is 4.88. The van der Waals surface area contributed by atoms with Crippen molar-refractivity contribution in [3.8, 4) is 0 Å². The van der Waals surface area contributed by atoms with E-state index >= 15 is 0 Å². The Balaban J connectivity index is 0.00000162. The van der Waals surface area contributed by atoms with Crippen LogP contribution in [-0.2, 0) is 6.54 Å². The van der Waals surface area contributed by atoms with E-state index in [9.17, 15) is 0 Å². The molecule has 1 aliphatic rings. The van der Waals surface area contributed by atoms with E-state index in [0.29, 0.717) is 5.92 Å². The molecular formula is C13H19BrCl2N2. The summed E-state index contributed by atoms with van der Waals surface area (Å²) in [6.07, 6.45) is 1.20. The highest BCUT2D eigenvalue weighted by molar-refractivity contribution is 9.10. The van der Waals surface area contributed by atoms with Gasteiger partial charge in [-0.05, 0) is 49.6 Å². The number of nitrogens with two attached hydrogens (primary N) is 1. The molecule has 1 aromatic carbocycles. The summed E-state index contributed by atoms with van der Waals surface area (Å²) < 4.78 is 1.08. The van der Waals surface area contributed by atoms with Crippen molar-refractivity contribution in [1.82, 2.24) is 4.90 Å². The standard InChI is InChI=1S/C13H18BrClN2.ClH/c1-9(16)10-4-5-17(7-10)8-11-6-12(14)2-3-13(11)15;/h2-3,6,9-10H,4-5,7-8,16H2,1H3;1H. The van der Waals surface area contributed by atoms with Crippen molar-refractivity contribution in [2.45, 2.75) is 25.9 Å². The zero-order valence-electron chi connectivity index (χ0n) is 10.4. The van der Waals surface area contributed by atoms with Crippen LogP contribution in [0.3, 0.4) is 0 Å². The van der Waals surface area contributed by atoms with E-state index in [1.165, 1.54) is 12.0 Å². The van der Waals surface area contributed by atoms with Crippen molar-refractivity contribution in [2.24, 2.45) is 11.7 Å². The lowest BCUT2D eigenvalue weighted by Crippen LogP contribution is -2.29. The largest absolute Gasteiger partial charge is 0.328 e. The molecule has 5 heteroatoms. The second-order valence-corrected chi connectivity index (χ2v) is 6.20. The molecule has 2 N–H and O–H groups in total. The maximum Gasteiger partial charge on any atom is 0.0451 e. The van der Waals surface area contributed by atoms with Crippen molar-refractivity contribution in [2.75, 3.05) is 13.1 Å². The van der Waals surface area contributed by atoms with Gasteiger partial charge in [-0.1, -0.05) is 27.5 Å². The fraction of sp³-hybridized carbons (Fsp3) is 0.538. The van der Waals surface area contributed by atoms with Gasteiger partial charge in [0.05, 0.1) is 0 Å². The first kappa shape index (κ1) is 16.3. The zero-order valence-corrected chi connectivity index (χ0v) is 13.6. The Bertz CT molecular complexity index is 399. The molecule has 0 amide bonds. The first-order valence-electron chi connectivity index (χ1n) is 5.98. The van der Waals surface area contributed by atoms with Crippen LogP contribution in [0, 0.1) is 5.92 Å². The average molecular weight is 354 g/mol. The van der Waals surface area contributed by atoms with Crippen molar-refractivity contribution < 1.29 is 0 Å². The predicted octanol–water partition coefficient (Wildman–Crippen LogP) is 3.69. The Kier molecular flexibility index (Phi) is 6.42. The topological polar surface area (TPSA) is 29.3 Å². The monoisotopic (exact) mass is 352 g/mol. The van der Waals surface area contributed by atoms with Crippen LogP contribution in [-0.4, -0.2) is 24.0 Å². The number of likely N-dealkylation sites (tertiary alicyclic amines) is 1. The minimum absolute atomic E-state index is 0. The summed E-state index contributed by atoms with van der Waals surface area (Å²) in [6, 6.07) is 6.31. The third kappa shape index (κ3) is 4.10. The lowest BCUT2D eigenvalue weighted by molar-refractivity contribution is 0.308. The Labute approximate surface area is 128 Å². The molecule has 1 aromatic rings. The molecule has 0 aromatic heterocycles. The van der Waals surface area contributed by atoms with Gasteiger partial charge in [-0.2, -0.15) is 0 Å². The summed E-state index contributed by atoms with van der Waals surface area (Å²) in [5, 5.41) is 0.845. The van der Waals surface area contributed by atoms with E-state index in [0.717, 1.165) is 29.1 Å². The number of halogens is 3. The van der Waals surface area contributed by atoms with E-state index in [1.807, 2.05) is 12.1 Å². The van der Waals surface area contributed by atoms with E-state index in [2.05, 4.69) is 33.8 Å². The highest BCUT2D eigenvalue weighted by Gasteiger charge is 2.25. The predicted molar refractivity (Wildman–Crippen MR) is 83.4 cm³/mol. The van der Waals surface area contributed by atoms with E-state index in [4.69, 9.17) is 17.3 Å². The van der Waals surface area contributed by atoms with Crippen LogP contribution < -0.4 is 5.73 Å². The molecule has 102 valence electrons. The van der Waals surface area contributed by atoms with Crippen molar-refractivity contribution in [3.63, 3.8) is 0 Å². The highest BCUT2D eigenvalue weighted by atomic mass is 79.9. The molecule has 0 saturated carbocycles. The van der Waals surface area contributed by atoms with Crippen LogP contribution in [0.15, 0.2) is 22.7 Å². The van der Waals surface area contributed by atoms with Gasteiger partial charge in [-0.25, -0.2) is 0 Å². The van der Waals surface area contributed by atoms with E-state index in [-0.39, 0.29) is 18.4 Å². The van der Waals surface area contributed by atoms with Gasteiger partial charge in [0, 0.05) is 28.6 Å². The van der Waals surface area contributed by atoms with Crippen molar-refractivity contribution in [1.29, 1.82) is 0 Å². The number of hydrogen-bond donors (Lipinski definition) is 1. The van der Waals surface area contributed by atoms with Crippen LogP contribution in [0.4, 0.5) is 0 Å². The summed E-state index contributed by atoms with van der Waals surface area (Å²) in [5.74, 6) is 0.626. The molecule has 18 heavy (non-hydrogen) atoms. The zero-order chi connectivity index (χ0) is 12.4. The summed E-state index contributed by atoms with van der Waals surface area (Å²) in [5.41, 5.74) is 7.13. The molecule has 0 spiro atoms. The Morgan fingerprint density at radius 1 is 1.56 bits per heavy atom. The van der Waals surface area contributed by atoms with Crippen LogP contribution in [0.25, 0.3) is 0 Å². The minimum Gasteiger partial charge on any atom is -0.328 e. The minimum atomic E-state index is 0. The molecule has 2 atom stereocenters. The quantitative estimate of drug-likeness (QED) is 0.897. The fourth-order valence-electron chi connectivity index (χ4n) is 2.34. The van der Waals surface area contributed by atoms with Gasteiger partial charge in [-0.3, -0.25) is 4.90 Å². The molecule has 2 nitrogen and oxygen atoms in total.